The molecule has 1 aromatic carbocycles. The minimum atomic E-state index is 0.568. The molecule has 1 atom stereocenters. The monoisotopic (exact) mass is 235 g/mol. The Morgan fingerprint density at radius 2 is 2.31 bits per heavy atom. The fraction of sp³-hybridized carbons (Fsp3) is 0.385. The number of furan rings is 1. The van der Waals surface area contributed by atoms with Gasteiger partial charge in [-0.3, -0.25) is 0 Å². The topological polar surface area (TPSA) is 25.2 Å². The highest BCUT2D eigenvalue weighted by molar-refractivity contribution is 6.32. The average molecular weight is 236 g/mol. The van der Waals surface area contributed by atoms with Crippen LogP contribution in [0.15, 0.2) is 28.9 Å². The van der Waals surface area contributed by atoms with Crippen LogP contribution in [0, 0.1) is 0 Å². The largest absolute Gasteiger partial charge is 0.464 e. The summed E-state index contributed by atoms with van der Waals surface area (Å²) in [4.78, 5) is 0. The lowest BCUT2D eigenvalue weighted by Crippen LogP contribution is -2.23. The normalized spacial score (nSPS) is 20.7. The van der Waals surface area contributed by atoms with Gasteiger partial charge in [0.05, 0.1) is 6.26 Å². The molecule has 84 valence electrons. The molecule has 0 aliphatic carbocycles. The van der Waals surface area contributed by atoms with Gasteiger partial charge >= 0.3 is 0 Å². The van der Waals surface area contributed by atoms with Crippen LogP contribution >= 0.6 is 11.6 Å². The highest BCUT2D eigenvalue weighted by atomic mass is 35.5. The fourth-order valence-electron chi connectivity index (χ4n) is 2.46. The van der Waals surface area contributed by atoms with Crippen LogP contribution in [0.2, 0.25) is 5.02 Å². The summed E-state index contributed by atoms with van der Waals surface area (Å²) >= 11 is 6.27. The molecule has 1 unspecified atom stereocenters. The van der Waals surface area contributed by atoms with Crippen LogP contribution in [0.4, 0.5) is 0 Å². The third-order valence-corrected chi connectivity index (χ3v) is 3.66. The van der Waals surface area contributed by atoms with Gasteiger partial charge in [-0.2, -0.15) is 0 Å². The van der Waals surface area contributed by atoms with Crippen molar-refractivity contribution in [1.29, 1.82) is 0 Å². The Labute approximate surface area is 99.6 Å². The Hall–Kier alpha value is -0.990. The standard InChI is InChI=1S/C13H14ClNO/c14-12-3-4-13-10(5-7-16-13)11(12)8-9-2-1-6-15-9/h3-5,7,9,15H,1-2,6,8H2. The summed E-state index contributed by atoms with van der Waals surface area (Å²) in [7, 11) is 0. The summed E-state index contributed by atoms with van der Waals surface area (Å²) in [5.41, 5.74) is 2.14. The summed E-state index contributed by atoms with van der Waals surface area (Å²) < 4.78 is 5.40. The number of nitrogens with one attached hydrogen (secondary N) is 1. The van der Waals surface area contributed by atoms with Crippen LogP contribution < -0.4 is 5.32 Å². The van der Waals surface area contributed by atoms with Gasteiger partial charge in [-0.15, -0.1) is 0 Å². The van der Waals surface area contributed by atoms with Crippen molar-refractivity contribution in [3.63, 3.8) is 0 Å². The van der Waals surface area contributed by atoms with Crippen molar-refractivity contribution >= 4 is 22.6 Å². The number of halogens is 1. The van der Waals surface area contributed by atoms with E-state index in [9.17, 15) is 0 Å². The zero-order valence-corrected chi connectivity index (χ0v) is 9.76. The van der Waals surface area contributed by atoms with Crippen molar-refractivity contribution in [2.24, 2.45) is 0 Å². The van der Waals surface area contributed by atoms with Crippen LogP contribution in [0.5, 0.6) is 0 Å². The maximum atomic E-state index is 6.27. The first-order valence-electron chi connectivity index (χ1n) is 5.72. The summed E-state index contributed by atoms with van der Waals surface area (Å²) in [6.07, 6.45) is 5.23. The second-order valence-electron chi connectivity index (χ2n) is 4.36. The van der Waals surface area contributed by atoms with Crippen LogP contribution in [0.1, 0.15) is 18.4 Å². The van der Waals surface area contributed by atoms with Gasteiger partial charge in [0, 0.05) is 16.5 Å². The molecule has 0 bridgehead atoms. The molecular weight excluding hydrogens is 222 g/mol. The Kier molecular flexibility index (Phi) is 2.62. The molecule has 1 aliphatic heterocycles. The maximum absolute atomic E-state index is 6.27. The second-order valence-corrected chi connectivity index (χ2v) is 4.76. The van der Waals surface area contributed by atoms with E-state index in [0.29, 0.717) is 6.04 Å². The maximum Gasteiger partial charge on any atom is 0.134 e. The lowest BCUT2D eigenvalue weighted by molar-refractivity contribution is 0.603. The Morgan fingerprint density at radius 3 is 3.12 bits per heavy atom. The SMILES string of the molecule is Clc1ccc2occc2c1CC1CCCN1. The fourth-order valence-corrected chi connectivity index (χ4v) is 2.70. The van der Waals surface area contributed by atoms with E-state index in [2.05, 4.69) is 5.32 Å². The van der Waals surface area contributed by atoms with Gasteiger partial charge in [0.15, 0.2) is 0 Å². The molecule has 3 heteroatoms. The van der Waals surface area contributed by atoms with E-state index in [4.69, 9.17) is 16.0 Å². The van der Waals surface area contributed by atoms with Gasteiger partial charge in [0.25, 0.3) is 0 Å². The van der Waals surface area contributed by atoms with E-state index in [-0.39, 0.29) is 0 Å². The van der Waals surface area contributed by atoms with Crippen molar-refractivity contribution in [1.82, 2.24) is 5.32 Å². The number of hydrogen-bond acceptors (Lipinski definition) is 2. The van der Waals surface area contributed by atoms with Crippen molar-refractivity contribution in [2.45, 2.75) is 25.3 Å². The molecule has 1 saturated heterocycles. The molecular formula is C13H14ClNO. The first-order chi connectivity index (χ1) is 7.84. The molecule has 1 fully saturated rings. The molecule has 16 heavy (non-hydrogen) atoms. The van der Waals surface area contributed by atoms with Crippen LogP contribution in [-0.2, 0) is 6.42 Å². The van der Waals surface area contributed by atoms with Gasteiger partial charge in [-0.05, 0) is 49.6 Å². The van der Waals surface area contributed by atoms with Gasteiger partial charge < -0.3 is 9.73 Å². The predicted octanol–water partition coefficient (Wildman–Crippen LogP) is 3.38. The van der Waals surface area contributed by atoms with Crippen LogP contribution in [-0.4, -0.2) is 12.6 Å². The van der Waals surface area contributed by atoms with Crippen LogP contribution in [0.25, 0.3) is 11.0 Å². The van der Waals surface area contributed by atoms with E-state index < -0.39 is 0 Å². The molecule has 2 nitrogen and oxygen atoms in total. The van der Waals surface area contributed by atoms with Gasteiger partial charge in [0.1, 0.15) is 5.58 Å². The van der Waals surface area contributed by atoms with E-state index in [0.717, 1.165) is 29.0 Å². The minimum Gasteiger partial charge on any atom is -0.464 e. The van der Waals surface area contributed by atoms with Crippen LogP contribution in [0.3, 0.4) is 0 Å². The van der Waals surface area contributed by atoms with Crippen molar-refractivity contribution in [3.05, 3.63) is 35.0 Å². The first-order valence-corrected chi connectivity index (χ1v) is 6.10. The van der Waals surface area contributed by atoms with Crippen molar-refractivity contribution in [2.75, 3.05) is 6.54 Å². The lowest BCUT2D eigenvalue weighted by atomic mass is 10.0. The van der Waals surface area contributed by atoms with Crippen molar-refractivity contribution in [3.8, 4) is 0 Å². The quantitative estimate of drug-likeness (QED) is 0.863. The zero-order chi connectivity index (χ0) is 11.0. The van der Waals surface area contributed by atoms with Gasteiger partial charge in [0.2, 0.25) is 0 Å². The molecule has 2 aromatic rings. The second kappa shape index (κ2) is 4.11. The number of rotatable bonds is 2. The molecule has 1 aromatic heterocycles. The van der Waals surface area contributed by atoms with E-state index in [1.807, 2.05) is 18.2 Å². The molecule has 1 aliphatic rings. The molecule has 2 heterocycles. The predicted molar refractivity (Wildman–Crippen MR) is 66.0 cm³/mol. The first kappa shape index (κ1) is 10.2. The Morgan fingerprint density at radius 1 is 1.38 bits per heavy atom. The van der Waals surface area contributed by atoms with E-state index >= 15 is 0 Å². The average Bonchev–Trinajstić information content (AvgIpc) is 2.92. The summed E-state index contributed by atoms with van der Waals surface area (Å²) in [5, 5.41) is 5.50. The highest BCUT2D eigenvalue weighted by Crippen LogP contribution is 2.29. The van der Waals surface area contributed by atoms with Gasteiger partial charge in [-0.25, -0.2) is 0 Å². The zero-order valence-electron chi connectivity index (χ0n) is 9.00. The molecule has 3 rings (SSSR count). The summed E-state index contributed by atoms with van der Waals surface area (Å²) in [5.74, 6) is 0. The third kappa shape index (κ3) is 1.72. The Balaban J connectivity index is 1.99. The van der Waals surface area contributed by atoms with E-state index in [1.165, 1.54) is 18.4 Å². The van der Waals surface area contributed by atoms with Crippen molar-refractivity contribution < 1.29 is 4.42 Å². The Bertz CT molecular complexity index is 500. The number of fused-ring (bicyclic) bond motifs is 1. The third-order valence-electron chi connectivity index (χ3n) is 3.30. The summed E-state index contributed by atoms with van der Waals surface area (Å²) in [6, 6.07) is 6.44. The van der Waals surface area contributed by atoms with Gasteiger partial charge in [-0.1, -0.05) is 11.6 Å². The molecule has 0 radical (unpaired) electrons. The molecule has 0 saturated carbocycles. The molecule has 0 spiro atoms. The molecule has 0 amide bonds. The molecule has 1 N–H and O–H groups in total. The number of hydrogen-bond donors (Lipinski definition) is 1. The minimum absolute atomic E-state index is 0.568. The lowest BCUT2D eigenvalue weighted by Gasteiger charge is -2.12. The smallest absolute Gasteiger partial charge is 0.134 e. The van der Waals surface area contributed by atoms with E-state index in [1.54, 1.807) is 6.26 Å². The number of benzene rings is 1. The highest BCUT2D eigenvalue weighted by Gasteiger charge is 2.18. The summed E-state index contributed by atoms with van der Waals surface area (Å²) in [6.45, 7) is 1.13.